The lowest BCUT2D eigenvalue weighted by molar-refractivity contribution is 0.0943. The third kappa shape index (κ3) is 2.77. The highest BCUT2D eigenvalue weighted by Crippen LogP contribution is 2.46. The van der Waals surface area contributed by atoms with Gasteiger partial charge < -0.3 is 10.4 Å². The predicted octanol–water partition coefficient (Wildman–Crippen LogP) is 2.44. The van der Waals surface area contributed by atoms with Gasteiger partial charge in [0.1, 0.15) is 11.6 Å². The first kappa shape index (κ1) is 12.4. The number of hydrogen-bond acceptors (Lipinski definition) is 2. The van der Waals surface area contributed by atoms with E-state index in [-0.39, 0.29) is 16.7 Å². The number of carbonyl (C=O) groups is 1. The number of nitrogens with one attached hydrogen (secondary N) is 1. The summed E-state index contributed by atoms with van der Waals surface area (Å²) < 4.78 is 13.0. The standard InChI is InChI=1S/C12H13BrFNO2/c13-6-12(3-4-12)7-15-11(17)9-5-8(14)1-2-10(9)16/h1-2,5,16H,3-4,6-7H2,(H,15,17). The molecule has 0 atom stereocenters. The Morgan fingerprint density at radius 2 is 2.24 bits per heavy atom. The Labute approximate surface area is 107 Å². The summed E-state index contributed by atoms with van der Waals surface area (Å²) in [4.78, 5) is 11.8. The Hall–Kier alpha value is -1.10. The van der Waals surface area contributed by atoms with Gasteiger partial charge in [0.25, 0.3) is 5.91 Å². The maximum absolute atomic E-state index is 13.0. The lowest BCUT2D eigenvalue weighted by Gasteiger charge is -2.13. The Morgan fingerprint density at radius 3 is 2.82 bits per heavy atom. The maximum atomic E-state index is 13.0. The summed E-state index contributed by atoms with van der Waals surface area (Å²) in [5.41, 5.74) is 0.133. The van der Waals surface area contributed by atoms with Gasteiger partial charge in [-0.25, -0.2) is 4.39 Å². The highest BCUT2D eigenvalue weighted by Gasteiger charge is 2.41. The van der Waals surface area contributed by atoms with Crippen molar-refractivity contribution in [1.82, 2.24) is 5.32 Å². The molecule has 3 nitrogen and oxygen atoms in total. The van der Waals surface area contributed by atoms with Crippen molar-refractivity contribution < 1.29 is 14.3 Å². The number of amides is 1. The number of carbonyl (C=O) groups excluding carboxylic acids is 1. The van der Waals surface area contributed by atoms with E-state index in [1.807, 2.05) is 0 Å². The van der Waals surface area contributed by atoms with Crippen LogP contribution in [-0.4, -0.2) is 22.9 Å². The lowest BCUT2D eigenvalue weighted by Crippen LogP contribution is -2.31. The third-order valence-electron chi connectivity index (χ3n) is 3.07. The van der Waals surface area contributed by atoms with E-state index in [0.29, 0.717) is 6.54 Å². The highest BCUT2D eigenvalue weighted by atomic mass is 79.9. The van der Waals surface area contributed by atoms with Crippen molar-refractivity contribution in [1.29, 1.82) is 0 Å². The van der Waals surface area contributed by atoms with Crippen molar-refractivity contribution in [3.63, 3.8) is 0 Å². The van der Waals surface area contributed by atoms with Gasteiger partial charge in [0, 0.05) is 11.9 Å². The Kier molecular flexibility index (Phi) is 3.38. The van der Waals surface area contributed by atoms with E-state index in [2.05, 4.69) is 21.2 Å². The normalized spacial score (nSPS) is 16.6. The van der Waals surface area contributed by atoms with Crippen molar-refractivity contribution in [2.75, 3.05) is 11.9 Å². The molecule has 2 rings (SSSR count). The van der Waals surface area contributed by atoms with Gasteiger partial charge in [-0.15, -0.1) is 0 Å². The zero-order valence-electron chi connectivity index (χ0n) is 9.17. The predicted molar refractivity (Wildman–Crippen MR) is 65.9 cm³/mol. The summed E-state index contributed by atoms with van der Waals surface area (Å²) in [6, 6.07) is 3.34. The zero-order valence-corrected chi connectivity index (χ0v) is 10.8. The second kappa shape index (κ2) is 4.64. The fraction of sp³-hybridized carbons (Fsp3) is 0.417. The number of benzene rings is 1. The SMILES string of the molecule is O=C(NCC1(CBr)CC1)c1cc(F)ccc1O. The van der Waals surface area contributed by atoms with Crippen LogP contribution < -0.4 is 5.32 Å². The molecular weight excluding hydrogens is 289 g/mol. The fourth-order valence-electron chi connectivity index (χ4n) is 1.59. The second-order valence-electron chi connectivity index (χ2n) is 4.48. The molecule has 2 N–H and O–H groups in total. The molecule has 0 spiro atoms. The molecule has 1 aliphatic rings. The minimum Gasteiger partial charge on any atom is -0.507 e. The summed E-state index contributed by atoms with van der Waals surface area (Å²) in [5, 5.41) is 13.0. The number of halogens is 2. The fourth-order valence-corrected chi connectivity index (χ4v) is 2.35. The number of phenols is 1. The Balaban J connectivity index is 2.02. The van der Waals surface area contributed by atoms with Gasteiger partial charge >= 0.3 is 0 Å². The molecule has 0 aliphatic heterocycles. The Bertz CT molecular complexity index is 446. The number of hydrogen-bond donors (Lipinski definition) is 2. The molecule has 5 heteroatoms. The van der Waals surface area contributed by atoms with E-state index >= 15 is 0 Å². The van der Waals surface area contributed by atoms with Gasteiger partial charge in [0.2, 0.25) is 0 Å². The average Bonchev–Trinajstić information content (AvgIpc) is 3.10. The number of phenolic OH excluding ortho intramolecular Hbond substituents is 1. The van der Waals surface area contributed by atoms with E-state index in [9.17, 15) is 14.3 Å². The van der Waals surface area contributed by atoms with Crippen LogP contribution in [0.2, 0.25) is 0 Å². The van der Waals surface area contributed by atoms with Crippen LogP contribution in [0.1, 0.15) is 23.2 Å². The third-order valence-corrected chi connectivity index (χ3v) is 4.26. The zero-order chi connectivity index (χ0) is 12.5. The van der Waals surface area contributed by atoms with Crippen LogP contribution in [0.15, 0.2) is 18.2 Å². The van der Waals surface area contributed by atoms with Gasteiger partial charge in [0.15, 0.2) is 0 Å². The molecule has 0 heterocycles. The first-order valence-electron chi connectivity index (χ1n) is 5.39. The molecule has 1 aliphatic carbocycles. The summed E-state index contributed by atoms with van der Waals surface area (Å²) >= 11 is 3.41. The first-order chi connectivity index (χ1) is 8.06. The maximum Gasteiger partial charge on any atom is 0.255 e. The van der Waals surface area contributed by atoms with Gasteiger partial charge in [0.05, 0.1) is 5.56 Å². The number of aromatic hydroxyl groups is 1. The van der Waals surface area contributed by atoms with Crippen LogP contribution in [0, 0.1) is 11.2 Å². The van der Waals surface area contributed by atoms with Crippen LogP contribution >= 0.6 is 15.9 Å². The number of rotatable bonds is 4. The molecule has 0 bridgehead atoms. The van der Waals surface area contributed by atoms with Crippen molar-refractivity contribution in [3.8, 4) is 5.75 Å². The molecular formula is C12H13BrFNO2. The van der Waals surface area contributed by atoms with Crippen LogP contribution in [0.25, 0.3) is 0 Å². The van der Waals surface area contributed by atoms with Crippen molar-refractivity contribution >= 4 is 21.8 Å². The minimum atomic E-state index is -0.533. The average molecular weight is 302 g/mol. The molecule has 0 saturated heterocycles. The topological polar surface area (TPSA) is 49.3 Å². The van der Waals surface area contributed by atoms with Crippen LogP contribution in [0.3, 0.4) is 0 Å². The highest BCUT2D eigenvalue weighted by molar-refractivity contribution is 9.09. The van der Waals surface area contributed by atoms with Crippen molar-refractivity contribution in [3.05, 3.63) is 29.6 Å². The monoisotopic (exact) mass is 301 g/mol. The molecule has 1 aromatic rings. The van der Waals surface area contributed by atoms with Gasteiger partial charge in [-0.05, 0) is 36.5 Å². The second-order valence-corrected chi connectivity index (χ2v) is 5.04. The summed E-state index contributed by atoms with van der Waals surface area (Å²) in [6.07, 6.45) is 2.15. The molecule has 1 saturated carbocycles. The first-order valence-corrected chi connectivity index (χ1v) is 6.51. The lowest BCUT2D eigenvalue weighted by atomic mass is 10.1. The minimum absolute atomic E-state index is 0.0182. The molecule has 0 aromatic heterocycles. The van der Waals surface area contributed by atoms with E-state index in [1.165, 1.54) is 6.07 Å². The van der Waals surface area contributed by atoms with Crippen molar-refractivity contribution in [2.45, 2.75) is 12.8 Å². The molecule has 1 amide bonds. The van der Waals surface area contributed by atoms with Crippen LogP contribution in [0.4, 0.5) is 4.39 Å². The van der Waals surface area contributed by atoms with E-state index in [4.69, 9.17) is 0 Å². The van der Waals surface area contributed by atoms with Crippen LogP contribution in [-0.2, 0) is 0 Å². The number of alkyl halides is 1. The molecule has 17 heavy (non-hydrogen) atoms. The van der Waals surface area contributed by atoms with E-state index in [0.717, 1.165) is 30.3 Å². The molecule has 0 radical (unpaired) electrons. The van der Waals surface area contributed by atoms with E-state index < -0.39 is 11.7 Å². The van der Waals surface area contributed by atoms with Gasteiger partial charge in [-0.1, -0.05) is 15.9 Å². The van der Waals surface area contributed by atoms with Crippen LogP contribution in [0.5, 0.6) is 5.75 Å². The molecule has 92 valence electrons. The molecule has 0 unspecified atom stereocenters. The smallest absolute Gasteiger partial charge is 0.255 e. The molecule has 1 fully saturated rings. The summed E-state index contributed by atoms with van der Waals surface area (Å²) in [6.45, 7) is 0.549. The van der Waals surface area contributed by atoms with Crippen molar-refractivity contribution in [2.24, 2.45) is 5.41 Å². The van der Waals surface area contributed by atoms with Gasteiger partial charge in [-0.3, -0.25) is 4.79 Å². The summed E-state index contributed by atoms with van der Waals surface area (Å²) in [5.74, 6) is -1.17. The summed E-state index contributed by atoms with van der Waals surface area (Å²) in [7, 11) is 0. The quantitative estimate of drug-likeness (QED) is 0.839. The Morgan fingerprint density at radius 1 is 1.53 bits per heavy atom. The molecule has 1 aromatic carbocycles. The van der Waals surface area contributed by atoms with Gasteiger partial charge in [-0.2, -0.15) is 0 Å². The van der Waals surface area contributed by atoms with E-state index in [1.54, 1.807) is 0 Å². The largest absolute Gasteiger partial charge is 0.507 e.